The minimum absolute atomic E-state index is 0.0224. The van der Waals surface area contributed by atoms with Crippen molar-refractivity contribution in [3.05, 3.63) is 59.0 Å². The Hall–Kier alpha value is -2.80. The SMILES string of the molecule is Cc1c(C(=O)NCC2CC3C=CC2C32CC2)sc2ncnc(N(C)CCc3ccccn3)c12. The molecule has 3 atom stereocenters. The number of nitrogens with one attached hydrogen (secondary N) is 1. The summed E-state index contributed by atoms with van der Waals surface area (Å²) in [6.45, 7) is 3.58. The predicted octanol–water partition coefficient (Wildman–Crippen LogP) is 4.41. The molecule has 3 heterocycles. The number of hydrogen-bond acceptors (Lipinski definition) is 6. The minimum atomic E-state index is 0.0224. The molecule has 3 aromatic rings. The van der Waals surface area contributed by atoms with Gasteiger partial charge in [-0.15, -0.1) is 11.3 Å². The maximum Gasteiger partial charge on any atom is 0.261 e. The number of rotatable bonds is 7. The van der Waals surface area contributed by atoms with E-state index in [1.54, 1.807) is 6.33 Å². The topological polar surface area (TPSA) is 71.0 Å². The smallest absolute Gasteiger partial charge is 0.261 e. The first-order chi connectivity index (χ1) is 16.1. The van der Waals surface area contributed by atoms with Gasteiger partial charge in [-0.3, -0.25) is 9.78 Å². The number of aryl methyl sites for hydroxylation is 1. The van der Waals surface area contributed by atoms with E-state index in [9.17, 15) is 4.79 Å². The Balaban J connectivity index is 1.17. The van der Waals surface area contributed by atoms with Gasteiger partial charge in [-0.05, 0) is 67.1 Å². The summed E-state index contributed by atoms with van der Waals surface area (Å²) in [4.78, 5) is 30.4. The molecule has 33 heavy (non-hydrogen) atoms. The number of anilines is 1. The van der Waals surface area contributed by atoms with Crippen LogP contribution in [0.15, 0.2) is 42.9 Å². The lowest BCUT2D eigenvalue weighted by Crippen LogP contribution is -2.31. The molecular weight excluding hydrogens is 430 g/mol. The van der Waals surface area contributed by atoms with E-state index in [4.69, 9.17) is 0 Å². The maximum absolute atomic E-state index is 13.2. The Bertz CT molecular complexity index is 1230. The third-order valence-electron chi connectivity index (χ3n) is 8.07. The van der Waals surface area contributed by atoms with Gasteiger partial charge in [0.25, 0.3) is 5.91 Å². The molecule has 6 nitrogen and oxygen atoms in total. The molecule has 3 aromatic heterocycles. The Kier molecular flexibility index (Phi) is 4.98. The summed E-state index contributed by atoms with van der Waals surface area (Å²) in [6, 6.07) is 5.98. The zero-order chi connectivity index (χ0) is 22.6. The lowest BCUT2D eigenvalue weighted by Gasteiger charge is -2.20. The van der Waals surface area contributed by atoms with Crippen LogP contribution < -0.4 is 10.2 Å². The van der Waals surface area contributed by atoms with Crippen molar-refractivity contribution in [2.45, 2.75) is 32.6 Å². The largest absolute Gasteiger partial charge is 0.359 e. The fourth-order valence-electron chi connectivity index (χ4n) is 6.15. The van der Waals surface area contributed by atoms with Crippen molar-refractivity contribution in [3.8, 4) is 0 Å². The molecule has 7 heteroatoms. The van der Waals surface area contributed by atoms with Gasteiger partial charge in [0, 0.05) is 38.4 Å². The summed E-state index contributed by atoms with van der Waals surface area (Å²) in [7, 11) is 2.04. The number of amides is 1. The van der Waals surface area contributed by atoms with Gasteiger partial charge in [0.2, 0.25) is 0 Å². The first-order valence-electron chi connectivity index (χ1n) is 11.9. The molecular formula is C26H29N5OS. The van der Waals surface area contributed by atoms with Crippen LogP contribution in [0.5, 0.6) is 0 Å². The van der Waals surface area contributed by atoms with Crippen LogP contribution in [0.25, 0.3) is 10.2 Å². The number of pyridine rings is 1. The molecule has 0 saturated heterocycles. The number of hydrogen-bond donors (Lipinski definition) is 1. The fourth-order valence-corrected chi connectivity index (χ4v) is 7.21. The zero-order valence-corrected chi connectivity index (χ0v) is 19.9. The normalized spacial score (nSPS) is 24.0. The van der Waals surface area contributed by atoms with Crippen LogP contribution in [0.3, 0.4) is 0 Å². The number of carbonyl (C=O) groups excluding carboxylic acids is 1. The monoisotopic (exact) mass is 459 g/mol. The minimum Gasteiger partial charge on any atom is -0.359 e. The molecule has 170 valence electrons. The molecule has 3 aliphatic carbocycles. The number of fused-ring (bicyclic) bond motifs is 1. The third kappa shape index (κ3) is 3.44. The third-order valence-corrected chi connectivity index (χ3v) is 9.27. The van der Waals surface area contributed by atoms with Crippen LogP contribution in [0.1, 0.15) is 40.2 Å². The highest BCUT2D eigenvalue weighted by atomic mass is 32.1. The van der Waals surface area contributed by atoms with Gasteiger partial charge >= 0.3 is 0 Å². The highest BCUT2D eigenvalue weighted by Gasteiger charge is 2.62. The van der Waals surface area contributed by atoms with Crippen LogP contribution >= 0.6 is 11.3 Å². The number of aromatic nitrogens is 3. The molecule has 1 amide bonds. The number of likely N-dealkylation sites (N-methyl/N-ethyl adjacent to an activating group) is 1. The summed E-state index contributed by atoms with van der Waals surface area (Å²) in [6.07, 6.45) is 13.1. The molecule has 0 aliphatic heterocycles. The molecule has 3 unspecified atom stereocenters. The Morgan fingerprint density at radius 1 is 1.24 bits per heavy atom. The predicted molar refractivity (Wildman–Crippen MR) is 132 cm³/mol. The van der Waals surface area contributed by atoms with Crippen LogP contribution in [0.4, 0.5) is 5.82 Å². The highest BCUT2D eigenvalue weighted by Crippen LogP contribution is 2.69. The van der Waals surface area contributed by atoms with Gasteiger partial charge in [-0.25, -0.2) is 9.97 Å². The Morgan fingerprint density at radius 3 is 2.88 bits per heavy atom. The maximum atomic E-state index is 13.2. The van der Waals surface area contributed by atoms with Crippen molar-refractivity contribution in [1.29, 1.82) is 0 Å². The van der Waals surface area contributed by atoms with Crippen molar-refractivity contribution in [3.63, 3.8) is 0 Å². The Labute approximate surface area is 198 Å². The standard InChI is InChI=1S/C26H29N5OS/c1-16-21-23(31(2)12-8-19-5-3-4-11-27-19)29-15-30-25(21)33-22(16)24(32)28-14-17-13-18-6-7-20(17)26(18)9-10-26/h3-7,11,15,17-18,20H,8-10,12-14H2,1-2H3,(H,28,32). The van der Waals surface area contributed by atoms with E-state index in [1.165, 1.54) is 30.6 Å². The fraction of sp³-hybridized carbons (Fsp3) is 0.462. The van der Waals surface area contributed by atoms with Gasteiger partial charge in [-0.2, -0.15) is 0 Å². The van der Waals surface area contributed by atoms with Crippen LogP contribution in [-0.2, 0) is 6.42 Å². The van der Waals surface area contributed by atoms with E-state index < -0.39 is 0 Å². The van der Waals surface area contributed by atoms with Gasteiger partial charge in [0.05, 0.1) is 10.3 Å². The zero-order valence-electron chi connectivity index (χ0n) is 19.1. The molecule has 3 aliphatic rings. The van der Waals surface area contributed by atoms with Gasteiger partial charge in [-0.1, -0.05) is 18.2 Å². The molecule has 1 spiro atoms. The number of thiophene rings is 1. The number of carbonyl (C=O) groups is 1. The van der Waals surface area contributed by atoms with E-state index in [-0.39, 0.29) is 5.91 Å². The molecule has 0 aromatic carbocycles. The van der Waals surface area contributed by atoms with Crippen LogP contribution in [-0.4, -0.2) is 41.0 Å². The second-order valence-electron chi connectivity index (χ2n) is 9.88. The second kappa shape index (κ2) is 7.90. The van der Waals surface area contributed by atoms with Gasteiger partial charge in [0.15, 0.2) is 0 Å². The number of nitrogens with zero attached hydrogens (tertiary/aromatic N) is 4. The highest BCUT2D eigenvalue weighted by molar-refractivity contribution is 7.20. The summed E-state index contributed by atoms with van der Waals surface area (Å²) < 4.78 is 0. The number of allylic oxidation sites excluding steroid dienone is 2. The van der Waals surface area contributed by atoms with E-state index in [0.717, 1.165) is 57.6 Å². The lowest BCUT2D eigenvalue weighted by atomic mass is 9.89. The van der Waals surface area contributed by atoms with Gasteiger partial charge < -0.3 is 10.2 Å². The summed E-state index contributed by atoms with van der Waals surface area (Å²) in [5.41, 5.74) is 2.59. The second-order valence-corrected chi connectivity index (χ2v) is 10.9. The molecule has 1 N–H and O–H groups in total. The lowest BCUT2D eigenvalue weighted by molar-refractivity contribution is 0.0947. The molecule has 0 radical (unpaired) electrons. The molecule has 2 saturated carbocycles. The first kappa shape index (κ1) is 20.8. The van der Waals surface area contributed by atoms with Crippen molar-refractivity contribution >= 4 is 33.3 Å². The van der Waals surface area contributed by atoms with Gasteiger partial charge in [0.1, 0.15) is 17.0 Å². The summed E-state index contributed by atoms with van der Waals surface area (Å²) in [5, 5.41) is 4.24. The van der Waals surface area contributed by atoms with Crippen LogP contribution in [0, 0.1) is 30.1 Å². The average Bonchev–Trinajstić information content (AvgIpc) is 3.39. The first-order valence-corrected chi connectivity index (χ1v) is 12.7. The van der Waals surface area contributed by atoms with Crippen molar-refractivity contribution in [1.82, 2.24) is 20.3 Å². The molecule has 2 fully saturated rings. The molecule has 2 bridgehead atoms. The Morgan fingerprint density at radius 2 is 2.12 bits per heavy atom. The van der Waals surface area contributed by atoms with Crippen LogP contribution in [0.2, 0.25) is 0 Å². The van der Waals surface area contributed by atoms with E-state index >= 15 is 0 Å². The summed E-state index contributed by atoms with van der Waals surface area (Å²) >= 11 is 1.47. The summed E-state index contributed by atoms with van der Waals surface area (Å²) in [5.74, 6) is 2.88. The van der Waals surface area contributed by atoms with E-state index in [2.05, 4.69) is 37.3 Å². The molecule has 6 rings (SSSR count). The van der Waals surface area contributed by atoms with E-state index in [1.807, 2.05) is 38.4 Å². The van der Waals surface area contributed by atoms with Crippen molar-refractivity contribution in [2.24, 2.45) is 23.2 Å². The van der Waals surface area contributed by atoms with Crippen molar-refractivity contribution in [2.75, 3.05) is 25.0 Å². The quantitative estimate of drug-likeness (QED) is 0.530. The van der Waals surface area contributed by atoms with E-state index in [0.29, 0.717) is 17.3 Å². The van der Waals surface area contributed by atoms with Crippen molar-refractivity contribution < 1.29 is 4.79 Å². The average molecular weight is 460 g/mol.